The average Bonchev–Trinajstić information content (AvgIpc) is 2.55. The highest BCUT2D eigenvalue weighted by Gasteiger charge is 1.99. The quantitative estimate of drug-likeness (QED) is 0.859. The number of nitrogens with zero attached hydrogens (tertiary/aromatic N) is 1. The van der Waals surface area contributed by atoms with Crippen molar-refractivity contribution >= 4 is 17.7 Å². The molecule has 4 heteroatoms. The molecule has 0 heterocycles. The number of carbonyl (C=O) groups is 1. The summed E-state index contributed by atoms with van der Waals surface area (Å²) in [7, 11) is 1.61. The molecule has 110 valence electrons. The van der Waals surface area contributed by atoms with Crippen molar-refractivity contribution in [1.29, 1.82) is 5.26 Å². The minimum absolute atomic E-state index is 0.205. The fraction of sp³-hybridized carbons (Fsp3) is 0.111. The number of methoxy groups -OCH3 is 1. The fourth-order valence-electron chi connectivity index (χ4n) is 1.87. The first-order valence-electron chi connectivity index (χ1n) is 6.80. The molecule has 2 aromatic carbocycles. The zero-order valence-electron chi connectivity index (χ0n) is 12.2. The summed E-state index contributed by atoms with van der Waals surface area (Å²) in [5.74, 6) is 0.572. The lowest BCUT2D eigenvalue weighted by molar-refractivity contribution is -0.111. The molecule has 0 aromatic heterocycles. The maximum absolute atomic E-state index is 11.8. The van der Waals surface area contributed by atoms with Gasteiger partial charge in [0.15, 0.2) is 0 Å². The van der Waals surface area contributed by atoms with Crippen molar-refractivity contribution in [2.24, 2.45) is 0 Å². The van der Waals surface area contributed by atoms with Crippen LogP contribution < -0.4 is 10.1 Å². The summed E-state index contributed by atoms with van der Waals surface area (Å²) in [6, 6.07) is 16.7. The number of ether oxygens (including phenoxy) is 1. The predicted octanol–water partition coefficient (Wildman–Crippen LogP) is 3.41. The van der Waals surface area contributed by atoms with E-state index in [9.17, 15) is 4.79 Å². The Kier molecular flexibility index (Phi) is 5.33. The minimum atomic E-state index is -0.205. The average molecular weight is 292 g/mol. The van der Waals surface area contributed by atoms with Crippen LogP contribution in [0.1, 0.15) is 11.1 Å². The van der Waals surface area contributed by atoms with E-state index in [4.69, 9.17) is 10.00 Å². The van der Waals surface area contributed by atoms with E-state index >= 15 is 0 Å². The Hall–Kier alpha value is -3.06. The van der Waals surface area contributed by atoms with E-state index < -0.39 is 0 Å². The van der Waals surface area contributed by atoms with Crippen LogP contribution in [0.25, 0.3) is 6.08 Å². The van der Waals surface area contributed by atoms with Crippen LogP contribution in [-0.4, -0.2) is 13.0 Å². The van der Waals surface area contributed by atoms with Gasteiger partial charge in [-0.15, -0.1) is 0 Å². The van der Waals surface area contributed by atoms with Gasteiger partial charge >= 0.3 is 0 Å². The molecule has 0 saturated carbocycles. The number of hydrogen-bond donors (Lipinski definition) is 1. The molecule has 22 heavy (non-hydrogen) atoms. The van der Waals surface area contributed by atoms with E-state index in [1.165, 1.54) is 6.08 Å². The van der Waals surface area contributed by atoms with Crippen LogP contribution >= 0.6 is 0 Å². The Morgan fingerprint density at radius 1 is 1.18 bits per heavy atom. The van der Waals surface area contributed by atoms with E-state index in [0.29, 0.717) is 12.1 Å². The zero-order chi connectivity index (χ0) is 15.8. The second-order valence-corrected chi connectivity index (χ2v) is 4.63. The normalized spacial score (nSPS) is 10.2. The third-order valence-corrected chi connectivity index (χ3v) is 3.05. The summed E-state index contributed by atoms with van der Waals surface area (Å²) in [5, 5.41) is 11.4. The largest absolute Gasteiger partial charge is 0.497 e. The highest BCUT2D eigenvalue weighted by atomic mass is 16.5. The second kappa shape index (κ2) is 7.65. The molecule has 2 aromatic rings. The van der Waals surface area contributed by atoms with Crippen molar-refractivity contribution in [3.63, 3.8) is 0 Å². The number of rotatable bonds is 5. The van der Waals surface area contributed by atoms with Gasteiger partial charge < -0.3 is 10.1 Å². The first-order valence-corrected chi connectivity index (χ1v) is 6.80. The number of hydrogen-bond acceptors (Lipinski definition) is 3. The molecule has 4 nitrogen and oxygen atoms in total. The number of benzene rings is 2. The molecule has 0 unspecified atom stereocenters. The monoisotopic (exact) mass is 292 g/mol. The highest BCUT2D eigenvalue weighted by Crippen LogP contribution is 2.13. The van der Waals surface area contributed by atoms with E-state index in [2.05, 4.69) is 11.4 Å². The van der Waals surface area contributed by atoms with Crippen LogP contribution in [0.4, 0.5) is 5.69 Å². The highest BCUT2D eigenvalue weighted by molar-refractivity contribution is 6.01. The van der Waals surface area contributed by atoms with Gasteiger partial charge in [0.2, 0.25) is 5.91 Å². The Labute approximate surface area is 129 Å². The van der Waals surface area contributed by atoms with Crippen molar-refractivity contribution < 1.29 is 9.53 Å². The van der Waals surface area contributed by atoms with Gasteiger partial charge in [-0.25, -0.2) is 0 Å². The second-order valence-electron chi connectivity index (χ2n) is 4.63. The van der Waals surface area contributed by atoms with Crippen molar-refractivity contribution in [1.82, 2.24) is 0 Å². The molecule has 2 rings (SSSR count). The summed E-state index contributed by atoms with van der Waals surface area (Å²) in [4.78, 5) is 11.8. The van der Waals surface area contributed by atoms with Crippen molar-refractivity contribution in [2.45, 2.75) is 6.42 Å². The maximum Gasteiger partial charge on any atom is 0.248 e. The molecular formula is C18H16N2O2. The third-order valence-electron chi connectivity index (χ3n) is 3.05. The van der Waals surface area contributed by atoms with E-state index in [1.54, 1.807) is 25.3 Å². The standard InChI is InChI=1S/C18H16N2O2/c1-22-17-9-4-14(5-10-17)6-11-18(21)20-16-7-2-15(3-8-16)12-13-19/h2-11H,12H2,1H3,(H,20,21)/b11-6+. The summed E-state index contributed by atoms with van der Waals surface area (Å²) < 4.78 is 5.08. The van der Waals surface area contributed by atoms with Crippen molar-refractivity contribution in [3.05, 3.63) is 65.7 Å². The first-order chi connectivity index (χ1) is 10.7. The van der Waals surface area contributed by atoms with Crippen molar-refractivity contribution in [3.8, 4) is 11.8 Å². The minimum Gasteiger partial charge on any atom is -0.497 e. The van der Waals surface area contributed by atoms with Gasteiger partial charge in [-0.1, -0.05) is 24.3 Å². The summed E-state index contributed by atoms with van der Waals surface area (Å²) in [6.07, 6.45) is 3.58. The smallest absolute Gasteiger partial charge is 0.248 e. The maximum atomic E-state index is 11.8. The molecular weight excluding hydrogens is 276 g/mol. The van der Waals surface area contributed by atoms with Crippen LogP contribution in [0, 0.1) is 11.3 Å². The third kappa shape index (κ3) is 4.50. The molecule has 0 spiro atoms. The Bertz CT molecular complexity index is 695. The topological polar surface area (TPSA) is 62.1 Å². The van der Waals surface area contributed by atoms with Gasteiger partial charge in [0.05, 0.1) is 19.6 Å². The van der Waals surface area contributed by atoms with Crippen LogP contribution in [-0.2, 0) is 11.2 Å². The Morgan fingerprint density at radius 2 is 1.86 bits per heavy atom. The van der Waals surface area contributed by atoms with E-state index in [-0.39, 0.29) is 5.91 Å². The van der Waals surface area contributed by atoms with Crippen LogP contribution in [0.3, 0.4) is 0 Å². The lowest BCUT2D eigenvalue weighted by atomic mass is 10.1. The molecule has 1 amide bonds. The summed E-state index contributed by atoms with van der Waals surface area (Å²) in [5.41, 5.74) is 2.54. The van der Waals surface area contributed by atoms with Gasteiger partial charge in [-0.2, -0.15) is 5.26 Å². The molecule has 0 aliphatic heterocycles. The molecule has 0 fully saturated rings. The number of nitrogens with one attached hydrogen (secondary N) is 1. The summed E-state index contributed by atoms with van der Waals surface area (Å²) >= 11 is 0. The number of anilines is 1. The van der Waals surface area contributed by atoms with Gasteiger partial charge in [0, 0.05) is 11.8 Å². The fourth-order valence-corrected chi connectivity index (χ4v) is 1.87. The van der Waals surface area contributed by atoms with Gasteiger partial charge in [0.25, 0.3) is 0 Å². The molecule has 0 bridgehead atoms. The molecule has 0 aliphatic carbocycles. The van der Waals surface area contributed by atoms with Crippen LogP contribution in [0.2, 0.25) is 0 Å². The molecule has 0 radical (unpaired) electrons. The predicted molar refractivity (Wildman–Crippen MR) is 86.4 cm³/mol. The van der Waals surface area contributed by atoms with Crippen LogP contribution in [0.5, 0.6) is 5.75 Å². The summed E-state index contributed by atoms with van der Waals surface area (Å²) in [6.45, 7) is 0. The molecule has 0 saturated heterocycles. The molecule has 0 aliphatic rings. The molecule has 1 N–H and O–H groups in total. The lowest BCUT2D eigenvalue weighted by Crippen LogP contribution is -2.07. The number of amides is 1. The zero-order valence-corrected chi connectivity index (χ0v) is 12.2. The first kappa shape index (κ1) is 15.3. The van der Waals surface area contributed by atoms with Crippen molar-refractivity contribution in [2.75, 3.05) is 12.4 Å². The SMILES string of the molecule is COc1ccc(/C=C/C(=O)Nc2ccc(CC#N)cc2)cc1. The Balaban J connectivity index is 1.94. The lowest BCUT2D eigenvalue weighted by Gasteiger charge is -2.03. The van der Waals surface area contributed by atoms with E-state index in [0.717, 1.165) is 16.9 Å². The number of carbonyl (C=O) groups excluding carboxylic acids is 1. The Morgan fingerprint density at radius 3 is 2.45 bits per heavy atom. The van der Waals surface area contributed by atoms with Gasteiger partial charge in [-0.3, -0.25) is 4.79 Å². The van der Waals surface area contributed by atoms with Gasteiger partial charge in [0.1, 0.15) is 5.75 Å². The molecule has 0 atom stereocenters. The van der Waals surface area contributed by atoms with Crippen LogP contribution in [0.15, 0.2) is 54.6 Å². The van der Waals surface area contributed by atoms with Gasteiger partial charge in [-0.05, 0) is 41.5 Å². The van der Waals surface area contributed by atoms with E-state index in [1.807, 2.05) is 36.4 Å². The number of nitriles is 1.